The second kappa shape index (κ2) is 6.81. The summed E-state index contributed by atoms with van der Waals surface area (Å²) in [6.45, 7) is 2.25. The van der Waals surface area contributed by atoms with Crippen molar-refractivity contribution in [3.8, 4) is 0 Å². The SMILES string of the molecule is CN1C(=O)[C@@]2(CCCN(CCC(=O)Nc3nccs3)C2)c2ccccc21. The molecule has 2 aliphatic rings. The highest BCUT2D eigenvalue weighted by Gasteiger charge is 2.51. The maximum atomic E-state index is 13.0. The molecule has 1 fully saturated rings. The average Bonchev–Trinajstić information content (AvgIpc) is 3.24. The van der Waals surface area contributed by atoms with Crippen LogP contribution >= 0.6 is 11.3 Å². The van der Waals surface area contributed by atoms with Crippen LogP contribution in [-0.4, -0.2) is 48.4 Å². The number of anilines is 2. The zero-order valence-corrected chi connectivity index (χ0v) is 15.6. The number of hydrogen-bond acceptors (Lipinski definition) is 5. The third-order valence-electron chi connectivity index (χ3n) is 5.40. The van der Waals surface area contributed by atoms with Crippen LogP contribution in [0, 0.1) is 0 Å². The van der Waals surface area contributed by atoms with Gasteiger partial charge in [0.05, 0.1) is 5.41 Å². The molecule has 1 aromatic carbocycles. The number of amides is 2. The van der Waals surface area contributed by atoms with Gasteiger partial charge in [0.1, 0.15) is 0 Å². The smallest absolute Gasteiger partial charge is 0.238 e. The zero-order valence-electron chi connectivity index (χ0n) is 14.8. The molecule has 1 aromatic heterocycles. The van der Waals surface area contributed by atoms with Gasteiger partial charge in [-0.2, -0.15) is 0 Å². The molecule has 6 nitrogen and oxygen atoms in total. The first kappa shape index (κ1) is 17.2. The Bertz CT molecular complexity index is 823. The number of nitrogens with one attached hydrogen (secondary N) is 1. The first-order valence-corrected chi connectivity index (χ1v) is 9.77. The third-order valence-corrected chi connectivity index (χ3v) is 6.09. The Kier molecular flexibility index (Phi) is 4.50. The van der Waals surface area contributed by atoms with Crippen molar-refractivity contribution >= 4 is 34.0 Å². The van der Waals surface area contributed by atoms with Gasteiger partial charge in [-0.25, -0.2) is 4.98 Å². The van der Waals surface area contributed by atoms with Crippen molar-refractivity contribution in [3.63, 3.8) is 0 Å². The fraction of sp³-hybridized carbons (Fsp3) is 0.421. The maximum absolute atomic E-state index is 13.0. The van der Waals surface area contributed by atoms with E-state index < -0.39 is 5.41 Å². The molecule has 2 amide bonds. The number of aromatic nitrogens is 1. The summed E-state index contributed by atoms with van der Waals surface area (Å²) >= 11 is 1.41. The zero-order chi connectivity index (χ0) is 18.1. The molecule has 1 spiro atoms. The standard InChI is InChI=1S/C19H22N4O2S/c1-22-15-6-3-2-5-14(15)19(17(22)25)8-4-10-23(13-19)11-7-16(24)21-18-20-9-12-26-18/h2-3,5-6,9,12H,4,7-8,10-11,13H2,1H3,(H,20,21,24)/t19-/m1/s1. The van der Waals surface area contributed by atoms with Gasteiger partial charge in [0.15, 0.2) is 5.13 Å². The van der Waals surface area contributed by atoms with Crippen LogP contribution in [0.4, 0.5) is 10.8 Å². The molecule has 0 unspecified atom stereocenters. The van der Waals surface area contributed by atoms with Crippen LogP contribution in [0.15, 0.2) is 35.8 Å². The summed E-state index contributed by atoms with van der Waals surface area (Å²) < 4.78 is 0. The Balaban J connectivity index is 1.45. The Morgan fingerprint density at radius 1 is 1.38 bits per heavy atom. The van der Waals surface area contributed by atoms with Gasteiger partial charge in [-0.15, -0.1) is 11.3 Å². The lowest BCUT2D eigenvalue weighted by atomic mass is 9.75. The van der Waals surface area contributed by atoms with E-state index in [-0.39, 0.29) is 11.8 Å². The molecule has 0 aliphatic carbocycles. The number of fused-ring (bicyclic) bond motifs is 2. The molecule has 1 atom stereocenters. The minimum atomic E-state index is -0.463. The van der Waals surface area contributed by atoms with Gasteiger partial charge in [-0.05, 0) is 31.0 Å². The van der Waals surface area contributed by atoms with Crippen molar-refractivity contribution in [1.29, 1.82) is 0 Å². The van der Waals surface area contributed by atoms with Crippen LogP contribution in [0.3, 0.4) is 0 Å². The summed E-state index contributed by atoms with van der Waals surface area (Å²) in [6, 6.07) is 8.08. The molecule has 26 heavy (non-hydrogen) atoms. The molecule has 136 valence electrons. The minimum Gasteiger partial charge on any atom is -0.314 e. The number of benzene rings is 1. The summed E-state index contributed by atoms with van der Waals surface area (Å²) in [7, 11) is 1.86. The number of likely N-dealkylation sites (N-methyl/N-ethyl adjacent to an activating group) is 1. The average molecular weight is 370 g/mol. The van der Waals surface area contributed by atoms with Crippen LogP contribution in [0.2, 0.25) is 0 Å². The molecule has 2 aliphatic heterocycles. The van der Waals surface area contributed by atoms with E-state index in [1.165, 1.54) is 11.3 Å². The van der Waals surface area contributed by atoms with Gasteiger partial charge in [-0.3, -0.25) is 9.59 Å². The molecule has 3 heterocycles. The molecule has 0 radical (unpaired) electrons. The number of carbonyl (C=O) groups is 2. The van der Waals surface area contributed by atoms with Gasteiger partial charge in [0.2, 0.25) is 11.8 Å². The number of likely N-dealkylation sites (tertiary alicyclic amines) is 1. The largest absolute Gasteiger partial charge is 0.314 e. The topological polar surface area (TPSA) is 65.5 Å². The summed E-state index contributed by atoms with van der Waals surface area (Å²) in [5.41, 5.74) is 1.68. The Morgan fingerprint density at radius 2 is 2.23 bits per heavy atom. The minimum absolute atomic E-state index is 0.0326. The third kappa shape index (κ3) is 2.91. The van der Waals surface area contributed by atoms with Crippen LogP contribution in [0.25, 0.3) is 0 Å². The van der Waals surface area contributed by atoms with E-state index >= 15 is 0 Å². The van der Waals surface area contributed by atoms with E-state index in [1.54, 1.807) is 11.1 Å². The Morgan fingerprint density at radius 3 is 3.04 bits per heavy atom. The van der Waals surface area contributed by atoms with Crippen molar-refractivity contribution in [1.82, 2.24) is 9.88 Å². The van der Waals surface area contributed by atoms with Crippen LogP contribution in [0.5, 0.6) is 0 Å². The summed E-state index contributed by atoms with van der Waals surface area (Å²) in [5, 5.41) is 5.29. The number of thiazole rings is 1. The number of rotatable bonds is 4. The molecule has 1 N–H and O–H groups in total. The Hall–Kier alpha value is -2.25. The first-order chi connectivity index (χ1) is 12.6. The fourth-order valence-electron chi connectivity index (χ4n) is 4.17. The lowest BCUT2D eigenvalue weighted by molar-refractivity contribution is -0.125. The van der Waals surface area contributed by atoms with Gasteiger partial charge in [-0.1, -0.05) is 18.2 Å². The highest BCUT2D eigenvalue weighted by Crippen LogP contribution is 2.46. The predicted molar refractivity (Wildman–Crippen MR) is 103 cm³/mol. The number of piperidine rings is 1. The van der Waals surface area contributed by atoms with Crippen LogP contribution in [-0.2, 0) is 15.0 Å². The molecule has 0 bridgehead atoms. The molecular formula is C19H22N4O2S. The highest BCUT2D eigenvalue weighted by atomic mass is 32.1. The lowest BCUT2D eigenvalue weighted by Crippen LogP contribution is -2.51. The Labute approximate surface area is 156 Å². The maximum Gasteiger partial charge on any atom is 0.238 e. The first-order valence-electron chi connectivity index (χ1n) is 8.89. The van der Waals surface area contributed by atoms with E-state index in [1.807, 2.05) is 30.6 Å². The number of nitrogens with zero attached hydrogens (tertiary/aromatic N) is 3. The molecule has 7 heteroatoms. The van der Waals surface area contributed by atoms with Crippen molar-refractivity contribution in [2.45, 2.75) is 24.7 Å². The lowest BCUT2D eigenvalue weighted by Gasteiger charge is -2.39. The molecule has 1 saturated heterocycles. The van der Waals surface area contributed by atoms with E-state index in [9.17, 15) is 9.59 Å². The van der Waals surface area contributed by atoms with Crippen LogP contribution in [0.1, 0.15) is 24.8 Å². The van der Waals surface area contributed by atoms with E-state index in [2.05, 4.69) is 21.3 Å². The number of carbonyl (C=O) groups excluding carboxylic acids is 2. The molecule has 4 rings (SSSR count). The summed E-state index contributed by atoms with van der Waals surface area (Å²) in [6.07, 6.45) is 3.91. The fourth-order valence-corrected chi connectivity index (χ4v) is 4.72. The second-order valence-electron chi connectivity index (χ2n) is 6.98. The summed E-state index contributed by atoms with van der Waals surface area (Å²) in [5.74, 6) is 0.144. The van der Waals surface area contributed by atoms with Crippen molar-refractivity contribution in [2.24, 2.45) is 0 Å². The number of hydrogen-bond donors (Lipinski definition) is 1. The monoisotopic (exact) mass is 370 g/mol. The molecule has 2 aromatic rings. The second-order valence-corrected chi connectivity index (χ2v) is 7.87. The van der Waals surface area contributed by atoms with Gasteiger partial charge >= 0.3 is 0 Å². The molecular weight excluding hydrogens is 348 g/mol. The highest BCUT2D eigenvalue weighted by molar-refractivity contribution is 7.13. The van der Waals surface area contributed by atoms with Crippen molar-refractivity contribution < 1.29 is 9.59 Å². The van der Waals surface area contributed by atoms with Crippen LogP contribution < -0.4 is 10.2 Å². The normalized spacial score (nSPS) is 22.7. The predicted octanol–water partition coefficient (Wildman–Crippen LogP) is 2.48. The van der Waals surface area contributed by atoms with Gasteiger partial charge in [0, 0.05) is 43.8 Å². The van der Waals surface area contributed by atoms with Gasteiger partial charge < -0.3 is 15.1 Å². The summed E-state index contributed by atoms with van der Waals surface area (Å²) in [4.78, 5) is 33.3. The van der Waals surface area contributed by atoms with Crippen molar-refractivity contribution in [3.05, 3.63) is 41.4 Å². The van der Waals surface area contributed by atoms with Crippen molar-refractivity contribution in [2.75, 3.05) is 36.9 Å². The van der Waals surface area contributed by atoms with E-state index in [0.717, 1.165) is 30.6 Å². The number of para-hydroxylation sites is 1. The molecule has 0 saturated carbocycles. The van der Waals surface area contributed by atoms with E-state index in [0.29, 0.717) is 24.6 Å². The van der Waals surface area contributed by atoms with E-state index in [4.69, 9.17) is 0 Å². The quantitative estimate of drug-likeness (QED) is 0.898. The van der Waals surface area contributed by atoms with Gasteiger partial charge in [0.25, 0.3) is 0 Å².